The average Bonchev–Trinajstić information content (AvgIpc) is 2.70. The fourth-order valence-corrected chi connectivity index (χ4v) is 2.79. The van der Waals surface area contributed by atoms with Crippen LogP contribution in [-0.4, -0.2) is 23.5 Å². The topological polar surface area (TPSA) is 54.0 Å². The normalized spacial score (nSPS) is 16.5. The van der Waals surface area contributed by atoms with Crippen LogP contribution in [0.5, 0.6) is 0 Å². The Bertz CT molecular complexity index is 456. The summed E-state index contributed by atoms with van der Waals surface area (Å²) in [6.07, 6.45) is 8.67. The fourth-order valence-electron chi connectivity index (χ4n) is 2.55. The van der Waals surface area contributed by atoms with Crippen LogP contribution in [-0.2, 0) is 0 Å². The lowest BCUT2D eigenvalue weighted by atomic mass is 10.1. The van der Waals surface area contributed by atoms with Gasteiger partial charge in [-0.25, -0.2) is 4.98 Å². The third-order valence-electron chi connectivity index (χ3n) is 3.64. The van der Waals surface area contributed by atoms with Crippen LogP contribution in [0.25, 0.3) is 0 Å². The zero-order chi connectivity index (χ0) is 14.4. The molecule has 1 saturated carbocycles. The first kappa shape index (κ1) is 15.1. The van der Waals surface area contributed by atoms with Crippen molar-refractivity contribution in [3.05, 3.63) is 22.8 Å². The minimum atomic E-state index is -0.0747. The maximum Gasteiger partial charge on any atom is 0.253 e. The SMILES string of the molecule is CCNc1ncc(C(=O)NC2CCCCCC2)cc1Cl. The van der Waals surface area contributed by atoms with E-state index in [9.17, 15) is 4.79 Å². The minimum Gasteiger partial charge on any atom is -0.369 e. The second kappa shape index (κ2) is 7.48. The number of anilines is 1. The number of aromatic nitrogens is 1. The van der Waals surface area contributed by atoms with E-state index in [2.05, 4.69) is 15.6 Å². The highest BCUT2D eigenvalue weighted by Gasteiger charge is 2.16. The minimum absolute atomic E-state index is 0.0747. The Hall–Kier alpha value is -1.29. The molecule has 0 radical (unpaired) electrons. The highest BCUT2D eigenvalue weighted by molar-refractivity contribution is 6.33. The van der Waals surface area contributed by atoms with Crippen molar-refractivity contribution in [2.45, 2.75) is 51.5 Å². The van der Waals surface area contributed by atoms with Gasteiger partial charge in [0.05, 0.1) is 10.6 Å². The standard InChI is InChI=1S/C15H22ClN3O/c1-2-17-14-13(16)9-11(10-18-14)15(20)19-12-7-5-3-4-6-8-12/h9-10,12H,2-8H2,1H3,(H,17,18)(H,19,20). The van der Waals surface area contributed by atoms with Crippen molar-refractivity contribution in [1.82, 2.24) is 10.3 Å². The molecule has 0 bridgehead atoms. The summed E-state index contributed by atoms with van der Waals surface area (Å²) in [5, 5.41) is 6.64. The number of amides is 1. The molecule has 1 fully saturated rings. The predicted octanol–water partition coefficient (Wildman–Crippen LogP) is 3.62. The zero-order valence-corrected chi connectivity index (χ0v) is 12.7. The quantitative estimate of drug-likeness (QED) is 0.834. The second-order valence-electron chi connectivity index (χ2n) is 5.25. The van der Waals surface area contributed by atoms with Gasteiger partial charge in [0, 0.05) is 18.8 Å². The van der Waals surface area contributed by atoms with Gasteiger partial charge >= 0.3 is 0 Å². The summed E-state index contributed by atoms with van der Waals surface area (Å²) in [5.74, 6) is 0.550. The molecule has 4 nitrogen and oxygen atoms in total. The van der Waals surface area contributed by atoms with E-state index in [0.717, 1.165) is 19.4 Å². The van der Waals surface area contributed by atoms with Gasteiger partial charge in [-0.3, -0.25) is 4.79 Å². The molecular formula is C15H22ClN3O. The lowest BCUT2D eigenvalue weighted by molar-refractivity contribution is 0.0933. The summed E-state index contributed by atoms with van der Waals surface area (Å²) in [5.41, 5.74) is 0.529. The van der Waals surface area contributed by atoms with Gasteiger partial charge in [0.1, 0.15) is 5.82 Å². The molecule has 1 amide bonds. The molecule has 2 N–H and O–H groups in total. The lowest BCUT2D eigenvalue weighted by Crippen LogP contribution is -2.34. The van der Waals surface area contributed by atoms with Gasteiger partial charge in [0.2, 0.25) is 0 Å². The number of nitrogens with one attached hydrogen (secondary N) is 2. The highest BCUT2D eigenvalue weighted by Crippen LogP contribution is 2.21. The van der Waals surface area contributed by atoms with Crippen LogP contribution in [0.1, 0.15) is 55.8 Å². The maximum atomic E-state index is 12.2. The molecule has 1 heterocycles. The Morgan fingerprint density at radius 2 is 2.05 bits per heavy atom. The Labute approximate surface area is 125 Å². The first-order valence-corrected chi connectivity index (χ1v) is 7.78. The largest absolute Gasteiger partial charge is 0.369 e. The Morgan fingerprint density at radius 3 is 2.65 bits per heavy atom. The number of rotatable bonds is 4. The molecule has 110 valence electrons. The first-order valence-electron chi connectivity index (χ1n) is 7.41. The Balaban J connectivity index is 1.99. The van der Waals surface area contributed by atoms with Crippen LogP contribution < -0.4 is 10.6 Å². The van der Waals surface area contributed by atoms with Crippen LogP contribution in [0.4, 0.5) is 5.82 Å². The van der Waals surface area contributed by atoms with Gasteiger partial charge in [0.15, 0.2) is 0 Å². The van der Waals surface area contributed by atoms with Crippen LogP contribution >= 0.6 is 11.6 Å². The van der Waals surface area contributed by atoms with Crippen molar-refractivity contribution in [2.75, 3.05) is 11.9 Å². The average molecular weight is 296 g/mol. The van der Waals surface area contributed by atoms with Crippen molar-refractivity contribution in [3.63, 3.8) is 0 Å². The van der Waals surface area contributed by atoms with E-state index in [1.165, 1.54) is 25.7 Å². The van der Waals surface area contributed by atoms with Crippen molar-refractivity contribution in [1.29, 1.82) is 0 Å². The summed E-state index contributed by atoms with van der Waals surface area (Å²) in [7, 11) is 0. The smallest absolute Gasteiger partial charge is 0.253 e. The monoisotopic (exact) mass is 295 g/mol. The van der Waals surface area contributed by atoms with Crippen molar-refractivity contribution < 1.29 is 4.79 Å². The van der Waals surface area contributed by atoms with E-state index in [1.54, 1.807) is 12.3 Å². The summed E-state index contributed by atoms with van der Waals surface area (Å²) in [6, 6.07) is 1.97. The van der Waals surface area contributed by atoms with Gasteiger partial charge < -0.3 is 10.6 Å². The summed E-state index contributed by atoms with van der Waals surface area (Å²) in [6.45, 7) is 2.73. The molecule has 0 aromatic carbocycles. The Kier molecular flexibility index (Phi) is 5.65. The summed E-state index contributed by atoms with van der Waals surface area (Å²) >= 11 is 6.12. The van der Waals surface area contributed by atoms with Crippen molar-refractivity contribution in [3.8, 4) is 0 Å². The number of hydrogen-bond acceptors (Lipinski definition) is 3. The van der Waals surface area contributed by atoms with Crippen LogP contribution in [0.3, 0.4) is 0 Å². The molecule has 0 aliphatic heterocycles. The highest BCUT2D eigenvalue weighted by atomic mass is 35.5. The van der Waals surface area contributed by atoms with E-state index in [0.29, 0.717) is 16.4 Å². The van der Waals surface area contributed by atoms with Crippen molar-refractivity contribution in [2.24, 2.45) is 0 Å². The van der Waals surface area contributed by atoms with Gasteiger partial charge in [-0.05, 0) is 25.8 Å². The third-order valence-corrected chi connectivity index (χ3v) is 3.93. The number of halogens is 1. The fraction of sp³-hybridized carbons (Fsp3) is 0.600. The number of pyridine rings is 1. The van der Waals surface area contributed by atoms with E-state index < -0.39 is 0 Å². The van der Waals surface area contributed by atoms with E-state index in [4.69, 9.17) is 11.6 Å². The molecule has 0 atom stereocenters. The molecule has 1 aliphatic carbocycles. The molecule has 2 rings (SSSR count). The molecule has 0 saturated heterocycles. The van der Waals surface area contributed by atoms with E-state index in [-0.39, 0.29) is 11.9 Å². The first-order chi connectivity index (χ1) is 9.70. The maximum absolute atomic E-state index is 12.2. The molecule has 0 unspecified atom stereocenters. The molecule has 20 heavy (non-hydrogen) atoms. The molecular weight excluding hydrogens is 274 g/mol. The molecule has 5 heteroatoms. The molecule has 1 aromatic rings. The van der Waals surface area contributed by atoms with Crippen LogP contribution in [0.15, 0.2) is 12.3 Å². The third kappa shape index (κ3) is 4.10. The van der Waals surface area contributed by atoms with Gasteiger partial charge in [-0.1, -0.05) is 37.3 Å². The van der Waals surface area contributed by atoms with Crippen LogP contribution in [0, 0.1) is 0 Å². The van der Waals surface area contributed by atoms with Gasteiger partial charge in [-0.15, -0.1) is 0 Å². The summed E-state index contributed by atoms with van der Waals surface area (Å²) < 4.78 is 0. The molecule has 1 aromatic heterocycles. The molecule has 1 aliphatic rings. The number of hydrogen-bond donors (Lipinski definition) is 2. The number of nitrogens with zero attached hydrogens (tertiary/aromatic N) is 1. The van der Waals surface area contributed by atoms with Crippen LogP contribution in [0.2, 0.25) is 5.02 Å². The molecule has 0 spiro atoms. The second-order valence-corrected chi connectivity index (χ2v) is 5.65. The van der Waals surface area contributed by atoms with Gasteiger partial charge in [-0.2, -0.15) is 0 Å². The lowest BCUT2D eigenvalue weighted by Gasteiger charge is -2.16. The Morgan fingerprint density at radius 1 is 1.35 bits per heavy atom. The number of carbonyl (C=O) groups is 1. The van der Waals surface area contributed by atoms with E-state index >= 15 is 0 Å². The zero-order valence-electron chi connectivity index (χ0n) is 11.9. The van der Waals surface area contributed by atoms with Crippen molar-refractivity contribution >= 4 is 23.3 Å². The summed E-state index contributed by atoms with van der Waals surface area (Å²) in [4.78, 5) is 16.4. The van der Waals surface area contributed by atoms with E-state index in [1.807, 2.05) is 6.92 Å². The van der Waals surface area contributed by atoms with Gasteiger partial charge in [0.25, 0.3) is 5.91 Å². The predicted molar refractivity (Wildman–Crippen MR) is 82.4 cm³/mol. The number of carbonyl (C=O) groups excluding carboxylic acids is 1.